The van der Waals surface area contributed by atoms with Crippen LogP contribution in [0, 0.1) is 0 Å². The van der Waals surface area contributed by atoms with E-state index in [1.807, 2.05) is 24.3 Å². The SMILES string of the molecule is NCCCc1ncc(Oc2ccccc2Br)cn1. The molecule has 0 amide bonds. The third-order valence-corrected chi connectivity index (χ3v) is 3.01. The van der Waals surface area contributed by atoms with Crippen molar-refractivity contribution in [3.63, 3.8) is 0 Å². The number of hydrogen-bond donors (Lipinski definition) is 1. The summed E-state index contributed by atoms with van der Waals surface area (Å²) in [5, 5.41) is 0. The van der Waals surface area contributed by atoms with Crippen molar-refractivity contribution in [3.05, 3.63) is 47.0 Å². The first-order valence-corrected chi connectivity index (χ1v) is 6.52. The number of para-hydroxylation sites is 1. The van der Waals surface area contributed by atoms with Gasteiger partial charge in [0.15, 0.2) is 5.75 Å². The van der Waals surface area contributed by atoms with Crippen molar-refractivity contribution < 1.29 is 4.74 Å². The largest absolute Gasteiger partial charge is 0.453 e. The highest BCUT2D eigenvalue weighted by Gasteiger charge is 2.03. The predicted molar refractivity (Wildman–Crippen MR) is 73.6 cm³/mol. The highest BCUT2D eigenvalue weighted by molar-refractivity contribution is 9.10. The summed E-state index contributed by atoms with van der Waals surface area (Å²) in [6.07, 6.45) is 5.05. The summed E-state index contributed by atoms with van der Waals surface area (Å²) in [6, 6.07) is 7.65. The Morgan fingerprint density at radius 3 is 2.56 bits per heavy atom. The Morgan fingerprint density at radius 2 is 1.89 bits per heavy atom. The summed E-state index contributed by atoms with van der Waals surface area (Å²) in [5.41, 5.74) is 5.44. The fourth-order valence-corrected chi connectivity index (χ4v) is 1.81. The number of hydrogen-bond acceptors (Lipinski definition) is 4. The molecule has 2 aromatic rings. The summed E-state index contributed by atoms with van der Waals surface area (Å²) in [7, 11) is 0. The molecule has 1 aromatic carbocycles. The van der Waals surface area contributed by atoms with E-state index in [0.717, 1.165) is 28.9 Å². The molecule has 1 aromatic heterocycles. The Labute approximate surface area is 114 Å². The zero-order chi connectivity index (χ0) is 12.8. The van der Waals surface area contributed by atoms with Gasteiger partial charge in [-0.15, -0.1) is 0 Å². The van der Waals surface area contributed by atoms with E-state index < -0.39 is 0 Å². The van der Waals surface area contributed by atoms with Crippen molar-refractivity contribution in [2.75, 3.05) is 6.54 Å². The third-order valence-electron chi connectivity index (χ3n) is 2.35. The van der Waals surface area contributed by atoms with E-state index in [9.17, 15) is 0 Å². The Morgan fingerprint density at radius 1 is 1.17 bits per heavy atom. The van der Waals surface area contributed by atoms with Crippen LogP contribution >= 0.6 is 15.9 Å². The Bertz CT molecular complexity index is 502. The summed E-state index contributed by atoms with van der Waals surface area (Å²) >= 11 is 3.42. The van der Waals surface area contributed by atoms with Crippen LogP contribution < -0.4 is 10.5 Å². The molecule has 0 radical (unpaired) electrons. The number of rotatable bonds is 5. The molecule has 0 aliphatic heterocycles. The lowest BCUT2D eigenvalue weighted by atomic mass is 10.3. The van der Waals surface area contributed by atoms with E-state index in [4.69, 9.17) is 10.5 Å². The van der Waals surface area contributed by atoms with Crippen LogP contribution in [0.5, 0.6) is 11.5 Å². The molecule has 1 heterocycles. The molecule has 0 atom stereocenters. The number of aromatic nitrogens is 2. The first-order chi connectivity index (χ1) is 8.79. The standard InChI is InChI=1S/C13H14BrN3O/c14-11-4-1-2-5-12(11)18-10-8-16-13(17-9-10)6-3-7-15/h1-2,4-5,8-9H,3,6-7,15H2. The average molecular weight is 308 g/mol. The van der Waals surface area contributed by atoms with Crippen LogP contribution in [-0.4, -0.2) is 16.5 Å². The van der Waals surface area contributed by atoms with E-state index in [1.54, 1.807) is 12.4 Å². The molecular formula is C13H14BrN3O. The molecule has 4 nitrogen and oxygen atoms in total. The summed E-state index contributed by atoms with van der Waals surface area (Å²) in [4.78, 5) is 8.47. The monoisotopic (exact) mass is 307 g/mol. The van der Waals surface area contributed by atoms with Crippen LogP contribution in [0.4, 0.5) is 0 Å². The van der Waals surface area contributed by atoms with Crippen molar-refractivity contribution in [1.82, 2.24) is 9.97 Å². The van der Waals surface area contributed by atoms with Crippen LogP contribution in [0.1, 0.15) is 12.2 Å². The molecule has 0 spiro atoms. The zero-order valence-corrected chi connectivity index (χ0v) is 11.4. The van der Waals surface area contributed by atoms with Gasteiger partial charge in [0, 0.05) is 6.42 Å². The average Bonchev–Trinajstić information content (AvgIpc) is 2.41. The maximum Gasteiger partial charge on any atom is 0.164 e. The quantitative estimate of drug-likeness (QED) is 0.922. The van der Waals surface area contributed by atoms with Gasteiger partial charge in [-0.1, -0.05) is 12.1 Å². The lowest BCUT2D eigenvalue weighted by Gasteiger charge is -2.07. The number of aryl methyl sites for hydroxylation is 1. The van der Waals surface area contributed by atoms with Gasteiger partial charge in [0.05, 0.1) is 16.9 Å². The van der Waals surface area contributed by atoms with Crippen LogP contribution in [0.15, 0.2) is 41.1 Å². The van der Waals surface area contributed by atoms with Gasteiger partial charge in [0.1, 0.15) is 11.6 Å². The number of nitrogens with two attached hydrogens (primary N) is 1. The molecule has 2 N–H and O–H groups in total. The van der Waals surface area contributed by atoms with E-state index in [0.29, 0.717) is 12.3 Å². The first-order valence-electron chi connectivity index (χ1n) is 5.73. The van der Waals surface area contributed by atoms with Crippen LogP contribution in [-0.2, 0) is 6.42 Å². The van der Waals surface area contributed by atoms with Crippen LogP contribution in [0.25, 0.3) is 0 Å². The van der Waals surface area contributed by atoms with Crippen LogP contribution in [0.3, 0.4) is 0 Å². The smallest absolute Gasteiger partial charge is 0.164 e. The van der Waals surface area contributed by atoms with Gasteiger partial charge in [0.25, 0.3) is 0 Å². The highest BCUT2D eigenvalue weighted by atomic mass is 79.9. The number of ether oxygens (including phenoxy) is 1. The number of nitrogens with zero attached hydrogens (tertiary/aromatic N) is 2. The predicted octanol–water partition coefficient (Wildman–Crippen LogP) is 2.92. The highest BCUT2D eigenvalue weighted by Crippen LogP contribution is 2.28. The van der Waals surface area contributed by atoms with Gasteiger partial charge in [-0.2, -0.15) is 0 Å². The molecule has 18 heavy (non-hydrogen) atoms. The van der Waals surface area contributed by atoms with E-state index in [2.05, 4.69) is 25.9 Å². The molecule has 0 saturated heterocycles. The molecule has 0 unspecified atom stereocenters. The van der Waals surface area contributed by atoms with Crippen molar-refractivity contribution in [1.29, 1.82) is 0 Å². The van der Waals surface area contributed by atoms with E-state index >= 15 is 0 Å². The second-order valence-corrected chi connectivity index (χ2v) is 4.61. The topological polar surface area (TPSA) is 61.0 Å². The molecule has 0 aliphatic rings. The molecule has 0 aliphatic carbocycles. The first kappa shape index (κ1) is 13.0. The molecule has 0 bridgehead atoms. The lowest BCUT2D eigenvalue weighted by molar-refractivity contribution is 0.473. The van der Waals surface area contributed by atoms with Gasteiger partial charge < -0.3 is 10.5 Å². The Kier molecular flexibility index (Phi) is 4.66. The van der Waals surface area contributed by atoms with Gasteiger partial charge in [-0.05, 0) is 41.0 Å². The van der Waals surface area contributed by atoms with Gasteiger partial charge in [-0.3, -0.25) is 0 Å². The van der Waals surface area contributed by atoms with E-state index in [1.165, 1.54) is 0 Å². The molecular weight excluding hydrogens is 294 g/mol. The minimum Gasteiger partial charge on any atom is -0.453 e. The fraction of sp³-hybridized carbons (Fsp3) is 0.231. The Balaban J connectivity index is 2.04. The van der Waals surface area contributed by atoms with Gasteiger partial charge in [0.2, 0.25) is 0 Å². The molecule has 2 rings (SSSR count). The third kappa shape index (κ3) is 3.51. The van der Waals surface area contributed by atoms with Crippen molar-refractivity contribution in [2.24, 2.45) is 5.73 Å². The number of halogens is 1. The minimum absolute atomic E-state index is 0.624. The lowest BCUT2D eigenvalue weighted by Crippen LogP contribution is -2.03. The normalized spacial score (nSPS) is 10.3. The summed E-state index contributed by atoms with van der Waals surface area (Å²) < 4.78 is 6.57. The van der Waals surface area contributed by atoms with Gasteiger partial charge in [-0.25, -0.2) is 9.97 Å². The van der Waals surface area contributed by atoms with Gasteiger partial charge >= 0.3 is 0 Å². The maximum absolute atomic E-state index is 5.67. The van der Waals surface area contributed by atoms with Crippen molar-refractivity contribution >= 4 is 15.9 Å². The Hall–Kier alpha value is -1.46. The fourth-order valence-electron chi connectivity index (χ4n) is 1.44. The molecule has 94 valence electrons. The molecule has 0 fully saturated rings. The zero-order valence-electron chi connectivity index (χ0n) is 9.84. The summed E-state index contributed by atoms with van der Waals surface area (Å²) in [6.45, 7) is 0.651. The van der Waals surface area contributed by atoms with E-state index in [-0.39, 0.29) is 0 Å². The molecule has 5 heteroatoms. The molecule has 0 saturated carbocycles. The van der Waals surface area contributed by atoms with Crippen molar-refractivity contribution in [2.45, 2.75) is 12.8 Å². The maximum atomic E-state index is 5.67. The second-order valence-electron chi connectivity index (χ2n) is 3.76. The van der Waals surface area contributed by atoms with Crippen molar-refractivity contribution in [3.8, 4) is 11.5 Å². The minimum atomic E-state index is 0.624. The number of benzene rings is 1. The second kappa shape index (κ2) is 6.47. The van der Waals surface area contributed by atoms with Crippen LogP contribution in [0.2, 0.25) is 0 Å². The summed E-state index contributed by atoms with van der Waals surface area (Å²) in [5.74, 6) is 2.16.